The summed E-state index contributed by atoms with van der Waals surface area (Å²) in [4.78, 5) is 17.1. The Morgan fingerprint density at radius 2 is 2.12 bits per heavy atom. The van der Waals surface area contributed by atoms with Crippen molar-refractivity contribution in [2.75, 3.05) is 5.32 Å². The van der Waals surface area contributed by atoms with Gasteiger partial charge in [-0.05, 0) is 51.8 Å². The largest absolute Gasteiger partial charge is 0.440 e. The summed E-state index contributed by atoms with van der Waals surface area (Å²) in [6, 6.07) is 7.42. The Kier molecular flexibility index (Phi) is 3.40. The number of oxazole rings is 1. The Morgan fingerprint density at radius 3 is 2.83 bits per heavy atom. The molecule has 0 bridgehead atoms. The summed E-state index contributed by atoms with van der Waals surface area (Å²) in [5.41, 5.74) is 2.89. The molecule has 0 aliphatic heterocycles. The maximum absolute atomic E-state index is 12.6. The van der Waals surface area contributed by atoms with Crippen LogP contribution in [-0.4, -0.2) is 20.7 Å². The second kappa shape index (κ2) is 5.47. The van der Waals surface area contributed by atoms with Crippen molar-refractivity contribution in [2.45, 2.75) is 45.6 Å². The minimum atomic E-state index is -0.178. The van der Waals surface area contributed by atoms with Crippen LogP contribution >= 0.6 is 0 Å². The Labute approximate surface area is 139 Å². The third kappa shape index (κ3) is 2.68. The zero-order valence-electron chi connectivity index (χ0n) is 14.0. The molecule has 0 radical (unpaired) electrons. The molecule has 1 aromatic carbocycles. The van der Waals surface area contributed by atoms with Crippen molar-refractivity contribution in [3.63, 3.8) is 0 Å². The van der Waals surface area contributed by atoms with Crippen molar-refractivity contribution in [3.8, 4) is 0 Å². The number of anilines is 1. The van der Waals surface area contributed by atoms with Crippen LogP contribution in [0.5, 0.6) is 0 Å². The van der Waals surface area contributed by atoms with Crippen molar-refractivity contribution in [1.29, 1.82) is 0 Å². The number of amides is 1. The molecule has 3 aromatic rings. The van der Waals surface area contributed by atoms with Gasteiger partial charge >= 0.3 is 0 Å². The Hall–Kier alpha value is -2.63. The molecule has 1 N–H and O–H groups in total. The van der Waals surface area contributed by atoms with E-state index in [2.05, 4.69) is 15.4 Å². The van der Waals surface area contributed by atoms with E-state index in [9.17, 15) is 4.79 Å². The maximum atomic E-state index is 12.6. The lowest BCUT2D eigenvalue weighted by atomic mass is 10.2. The van der Waals surface area contributed by atoms with E-state index in [1.165, 1.54) is 0 Å². The van der Waals surface area contributed by atoms with Gasteiger partial charge in [-0.25, -0.2) is 9.67 Å². The second-order valence-electron chi connectivity index (χ2n) is 6.67. The number of benzene rings is 1. The van der Waals surface area contributed by atoms with Crippen LogP contribution in [0, 0.1) is 6.92 Å². The van der Waals surface area contributed by atoms with E-state index in [4.69, 9.17) is 4.42 Å². The fourth-order valence-corrected chi connectivity index (χ4v) is 2.78. The van der Waals surface area contributed by atoms with Gasteiger partial charge in [0.1, 0.15) is 11.3 Å². The number of fused-ring (bicyclic) bond motifs is 1. The smallest absolute Gasteiger partial charge is 0.256 e. The molecule has 0 saturated heterocycles. The van der Waals surface area contributed by atoms with Crippen molar-refractivity contribution in [2.24, 2.45) is 0 Å². The van der Waals surface area contributed by atoms with E-state index in [0.29, 0.717) is 22.9 Å². The summed E-state index contributed by atoms with van der Waals surface area (Å²) in [5, 5.41) is 7.34. The summed E-state index contributed by atoms with van der Waals surface area (Å²) in [5.74, 6) is 1.76. The first-order valence-corrected chi connectivity index (χ1v) is 8.29. The first kappa shape index (κ1) is 14.9. The molecule has 124 valence electrons. The predicted octanol–water partition coefficient (Wildman–Crippen LogP) is 4.04. The molecule has 0 unspecified atom stereocenters. The van der Waals surface area contributed by atoms with Crippen LogP contribution in [0.3, 0.4) is 0 Å². The number of nitrogens with one attached hydrogen (secondary N) is 1. The van der Waals surface area contributed by atoms with Gasteiger partial charge in [-0.15, -0.1) is 0 Å². The Bertz CT molecular complexity index is 918. The molecule has 0 spiro atoms. The third-order valence-corrected chi connectivity index (χ3v) is 4.18. The SMILES string of the molecule is Cc1cc(NC(=O)c2ccc3nc(C4CC4)oc3c2)n(C(C)C)n1. The lowest BCUT2D eigenvalue weighted by Gasteiger charge is -2.11. The van der Waals surface area contributed by atoms with Gasteiger partial charge in [0.05, 0.1) is 5.69 Å². The summed E-state index contributed by atoms with van der Waals surface area (Å²) in [6.45, 7) is 5.97. The fraction of sp³-hybridized carbons (Fsp3) is 0.389. The summed E-state index contributed by atoms with van der Waals surface area (Å²) < 4.78 is 7.60. The van der Waals surface area contributed by atoms with E-state index < -0.39 is 0 Å². The van der Waals surface area contributed by atoms with E-state index >= 15 is 0 Å². The number of hydrogen-bond donors (Lipinski definition) is 1. The first-order chi connectivity index (χ1) is 11.5. The highest BCUT2D eigenvalue weighted by atomic mass is 16.3. The molecule has 1 amide bonds. The van der Waals surface area contributed by atoms with Gasteiger partial charge in [-0.3, -0.25) is 4.79 Å². The molecule has 24 heavy (non-hydrogen) atoms. The van der Waals surface area contributed by atoms with Crippen LogP contribution in [0.4, 0.5) is 5.82 Å². The average Bonchev–Trinajstić information content (AvgIpc) is 3.20. The van der Waals surface area contributed by atoms with Crippen molar-refractivity contribution < 1.29 is 9.21 Å². The van der Waals surface area contributed by atoms with Gasteiger partial charge in [0.2, 0.25) is 0 Å². The quantitative estimate of drug-likeness (QED) is 0.786. The maximum Gasteiger partial charge on any atom is 0.256 e. The molecular formula is C18H20N4O2. The number of hydrogen-bond acceptors (Lipinski definition) is 4. The number of aromatic nitrogens is 3. The van der Waals surface area contributed by atoms with Gasteiger partial charge in [0.15, 0.2) is 11.5 Å². The molecule has 1 aliphatic rings. The van der Waals surface area contributed by atoms with Crippen LogP contribution < -0.4 is 5.32 Å². The third-order valence-electron chi connectivity index (χ3n) is 4.18. The van der Waals surface area contributed by atoms with Crippen LogP contribution in [0.15, 0.2) is 28.7 Å². The summed E-state index contributed by atoms with van der Waals surface area (Å²) in [7, 11) is 0. The number of rotatable bonds is 4. The van der Waals surface area contributed by atoms with Crippen molar-refractivity contribution >= 4 is 22.8 Å². The molecule has 0 atom stereocenters. The Morgan fingerprint density at radius 1 is 1.33 bits per heavy atom. The molecule has 2 heterocycles. The number of carbonyl (C=O) groups excluding carboxylic acids is 1. The fourth-order valence-electron chi connectivity index (χ4n) is 2.78. The zero-order valence-corrected chi connectivity index (χ0v) is 14.0. The van der Waals surface area contributed by atoms with Gasteiger partial charge in [-0.1, -0.05) is 0 Å². The highest BCUT2D eigenvalue weighted by Crippen LogP contribution is 2.40. The number of nitrogens with zero attached hydrogens (tertiary/aromatic N) is 3. The molecule has 6 nitrogen and oxygen atoms in total. The van der Waals surface area contributed by atoms with E-state index in [0.717, 1.165) is 29.9 Å². The summed E-state index contributed by atoms with van der Waals surface area (Å²) in [6.07, 6.45) is 2.28. The van der Waals surface area contributed by atoms with E-state index in [1.54, 1.807) is 12.1 Å². The minimum Gasteiger partial charge on any atom is -0.440 e. The van der Waals surface area contributed by atoms with E-state index in [-0.39, 0.29) is 11.9 Å². The molecule has 2 aromatic heterocycles. The zero-order chi connectivity index (χ0) is 16.8. The normalized spacial score (nSPS) is 14.5. The first-order valence-electron chi connectivity index (χ1n) is 8.29. The van der Waals surface area contributed by atoms with Crippen LogP contribution in [0.25, 0.3) is 11.1 Å². The number of aryl methyl sites for hydroxylation is 1. The van der Waals surface area contributed by atoms with Crippen molar-refractivity contribution in [1.82, 2.24) is 14.8 Å². The van der Waals surface area contributed by atoms with Crippen LogP contribution in [-0.2, 0) is 0 Å². The lowest BCUT2D eigenvalue weighted by molar-refractivity contribution is 0.102. The van der Waals surface area contributed by atoms with Crippen LogP contribution in [0.2, 0.25) is 0 Å². The molecule has 1 fully saturated rings. The molecular weight excluding hydrogens is 304 g/mol. The Balaban J connectivity index is 1.61. The molecule has 6 heteroatoms. The highest BCUT2D eigenvalue weighted by Gasteiger charge is 2.29. The molecule has 1 saturated carbocycles. The topological polar surface area (TPSA) is 73.0 Å². The van der Waals surface area contributed by atoms with Gasteiger partial charge in [0.25, 0.3) is 5.91 Å². The van der Waals surface area contributed by atoms with Gasteiger partial charge < -0.3 is 9.73 Å². The molecule has 4 rings (SSSR count). The molecule has 1 aliphatic carbocycles. The minimum absolute atomic E-state index is 0.173. The predicted molar refractivity (Wildman–Crippen MR) is 91.3 cm³/mol. The monoisotopic (exact) mass is 324 g/mol. The van der Waals surface area contributed by atoms with Gasteiger partial charge in [0, 0.05) is 23.6 Å². The second-order valence-corrected chi connectivity index (χ2v) is 6.67. The van der Waals surface area contributed by atoms with Crippen molar-refractivity contribution in [3.05, 3.63) is 41.4 Å². The van der Waals surface area contributed by atoms with E-state index in [1.807, 2.05) is 37.6 Å². The lowest BCUT2D eigenvalue weighted by Crippen LogP contribution is -2.16. The number of carbonyl (C=O) groups is 1. The standard InChI is InChI=1S/C18H20N4O2/c1-10(2)22-16(8-11(3)21-22)20-17(23)13-6-7-14-15(9-13)24-18(19-14)12-4-5-12/h6-10,12H,4-5H2,1-3H3,(H,20,23). The summed E-state index contributed by atoms with van der Waals surface area (Å²) >= 11 is 0. The highest BCUT2D eigenvalue weighted by molar-refractivity contribution is 6.05. The van der Waals surface area contributed by atoms with Crippen LogP contribution in [0.1, 0.15) is 60.6 Å². The van der Waals surface area contributed by atoms with Gasteiger partial charge in [-0.2, -0.15) is 5.10 Å². The average molecular weight is 324 g/mol.